The van der Waals surface area contributed by atoms with Crippen molar-refractivity contribution >= 4 is 29.1 Å². The molecule has 3 aromatic rings. The molecule has 3 rings (SSSR count). The summed E-state index contributed by atoms with van der Waals surface area (Å²) in [5, 5.41) is 11.1. The number of nitrogens with zero attached hydrogens (tertiary/aromatic N) is 3. The van der Waals surface area contributed by atoms with Crippen molar-refractivity contribution in [1.29, 1.82) is 0 Å². The summed E-state index contributed by atoms with van der Waals surface area (Å²) in [5.41, 5.74) is 0.747. The molecule has 2 heterocycles. The minimum absolute atomic E-state index is 0.126. The largest absolute Gasteiger partial charge is 0.460 e. The number of thiophene rings is 1. The summed E-state index contributed by atoms with van der Waals surface area (Å²) in [6, 6.07) is 9.83. The molecule has 8 heteroatoms. The van der Waals surface area contributed by atoms with Crippen LogP contribution in [0.4, 0.5) is 4.39 Å². The fourth-order valence-corrected chi connectivity index (χ4v) is 3.70. The number of hydrogen-bond donors (Lipinski definition) is 0. The van der Waals surface area contributed by atoms with Crippen LogP contribution in [0.1, 0.15) is 12.5 Å². The Balaban J connectivity index is 1.56. The Kier molecular flexibility index (Phi) is 5.83. The van der Waals surface area contributed by atoms with Crippen molar-refractivity contribution in [2.24, 2.45) is 0 Å². The maximum atomic E-state index is 12.8. The van der Waals surface area contributed by atoms with Crippen LogP contribution in [0.15, 0.2) is 46.9 Å². The molecule has 0 N–H and O–H groups in total. The van der Waals surface area contributed by atoms with Gasteiger partial charge >= 0.3 is 5.97 Å². The Hall–Kier alpha value is -2.19. The lowest BCUT2D eigenvalue weighted by molar-refractivity contribution is -0.141. The molecule has 1 aromatic carbocycles. The van der Waals surface area contributed by atoms with Gasteiger partial charge in [-0.2, -0.15) is 0 Å². The fraction of sp³-hybridized carbons (Fsp3) is 0.235. The van der Waals surface area contributed by atoms with Gasteiger partial charge in [0.25, 0.3) is 0 Å². The Morgan fingerprint density at radius 1 is 1.28 bits per heavy atom. The van der Waals surface area contributed by atoms with Crippen molar-refractivity contribution < 1.29 is 13.9 Å². The zero-order valence-corrected chi connectivity index (χ0v) is 15.1. The normalized spacial score (nSPS) is 10.8. The predicted octanol–water partition coefficient (Wildman–Crippen LogP) is 4.00. The number of carbonyl (C=O) groups excluding carboxylic acids is 1. The second-order valence-electron chi connectivity index (χ2n) is 5.10. The summed E-state index contributed by atoms with van der Waals surface area (Å²) in [5.74, 6) is 0.285. The van der Waals surface area contributed by atoms with Crippen LogP contribution in [0.3, 0.4) is 0 Å². The van der Waals surface area contributed by atoms with E-state index in [0.717, 1.165) is 16.3 Å². The number of carbonyl (C=O) groups is 1. The second-order valence-corrected chi connectivity index (χ2v) is 6.99. The van der Waals surface area contributed by atoms with Crippen molar-refractivity contribution in [3.05, 3.63) is 53.2 Å². The number of thioether (sulfide) groups is 1. The van der Waals surface area contributed by atoms with Crippen molar-refractivity contribution in [2.75, 3.05) is 5.75 Å². The van der Waals surface area contributed by atoms with Crippen LogP contribution in [-0.2, 0) is 22.7 Å². The van der Waals surface area contributed by atoms with Gasteiger partial charge in [-0.05, 0) is 36.1 Å². The van der Waals surface area contributed by atoms with Crippen molar-refractivity contribution in [1.82, 2.24) is 14.8 Å². The topological polar surface area (TPSA) is 57.0 Å². The Bertz CT molecular complexity index is 832. The highest BCUT2D eigenvalue weighted by Crippen LogP contribution is 2.27. The predicted molar refractivity (Wildman–Crippen MR) is 95.9 cm³/mol. The van der Waals surface area contributed by atoms with Gasteiger partial charge in [-0.25, -0.2) is 4.39 Å². The molecule has 0 unspecified atom stereocenters. The summed E-state index contributed by atoms with van der Waals surface area (Å²) in [7, 11) is 0. The minimum atomic E-state index is -0.349. The number of benzene rings is 1. The molecule has 0 amide bonds. The van der Waals surface area contributed by atoms with Gasteiger partial charge in [-0.15, -0.1) is 21.5 Å². The molecule has 130 valence electrons. The molecule has 0 atom stereocenters. The van der Waals surface area contributed by atoms with Crippen LogP contribution in [0.2, 0.25) is 0 Å². The van der Waals surface area contributed by atoms with Gasteiger partial charge in [0.15, 0.2) is 11.0 Å². The first-order valence-electron chi connectivity index (χ1n) is 7.67. The molecule has 0 spiro atoms. The molecule has 2 aromatic heterocycles. The van der Waals surface area contributed by atoms with Crippen LogP contribution >= 0.6 is 23.1 Å². The van der Waals surface area contributed by atoms with Gasteiger partial charge in [0.2, 0.25) is 0 Å². The van der Waals surface area contributed by atoms with Crippen LogP contribution in [0.25, 0.3) is 10.7 Å². The molecule has 0 saturated heterocycles. The van der Waals surface area contributed by atoms with Gasteiger partial charge in [-0.3, -0.25) is 4.79 Å². The van der Waals surface area contributed by atoms with E-state index in [1.165, 1.54) is 23.9 Å². The summed E-state index contributed by atoms with van der Waals surface area (Å²) in [6.45, 7) is 2.85. The summed E-state index contributed by atoms with van der Waals surface area (Å²) >= 11 is 2.89. The molecule has 0 aliphatic heterocycles. The summed E-state index contributed by atoms with van der Waals surface area (Å²) in [4.78, 5) is 13.0. The first kappa shape index (κ1) is 17.6. The lowest BCUT2D eigenvalue weighted by atomic mass is 10.2. The van der Waals surface area contributed by atoms with Gasteiger partial charge in [-0.1, -0.05) is 30.0 Å². The zero-order chi connectivity index (χ0) is 17.6. The minimum Gasteiger partial charge on any atom is -0.460 e. The summed E-state index contributed by atoms with van der Waals surface area (Å²) < 4.78 is 20.0. The molecule has 0 aliphatic carbocycles. The third kappa shape index (κ3) is 4.46. The van der Waals surface area contributed by atoms with Gasteiger partial charge in [0.1, 0.15) is 12.4 Å². The average Bonchev–Trinajstić information content (AvgIpc) is 3.28. The van der Waals surface area contributed by atoms with E-state index in [0.29, 0.717) is 11.7 Å². The highest BCUT2D eigenvalue weighted by molar-refractivity contribution is 7.99. The van der Waals surface area contributed by atoms with Gasteiger partial charge in [0.05, 0.1) is 10.6 Å². The smallest absolute Gasteiger partial charge is 0.316 e. The number of esters is 1. The van der Waals surface area contributed by atoms with Crippen LogP contribution in [0, 0.1) is 5.82 Å². The lowest BCUT2D eigenvalue weighted by Crippen LogP contribution is -2.08. The first-order valence-corrected chi connectivity index (χ1v) is 9.54. The number of ether oxygens (including phenoxy) is 1. The molecule has 0 radical (unpaired) electrons. The highest BCUT2D eigenvalue weighted by Gasteiger charge is 2.15. The number of rotatable bonds is 7. The lowest BCUT2D eigenvalue weighted by Gasteiger charge is -2.07. The molecular weight excluding hydrogens is 361 g/mol. The molecular formula is C17H16FN3O2S2. The van der Waals surface area contributed by atoms with Gasteiger partial charge in [0, 0.05) is 6.54 Å². The van der Waals surface area contributed by atoms with Crippen LogP contribution in [0.5, 0.6) is 0 Å². The van der Waals surface area contributed by atoms with E-state index in [9.17, 15) is 9.18 Å². The maximum Gasteiger partial charge on any atom is 0.316 e. The number of hydrogen-bond acceptors (Lipinski definition) is 6. The second kappa shape index (κ2) is 8.26. The third-order valence-corrected chi connectivity index (χ3v) is 5.21. The zero-order valence-electron chi connectivity index (χ0n) is 13.5. The number of halogens is 1. The number of aromatic nitrogens is 3. The van der Waals surface area contributed by atoms with E-state index in [2.05, 4.69) is 10.2 Å². The SMILES string of the molecule is CCn1c(SCC(=O)OCc2ccc(F)cc2)nnc1-c1cccs1. The standard InChI is InChI=1S/C17H16FN3O2S2/c1-2-21-16(14-4-3-9-24-14)19-20-17(21)25-11-15(22)23-10-12-5-7-13(18)8-6-12/h3-9H,2,10-11H2,1H3. The quantitative estimate of drug-likeness (QED) is 0.460. The Morgan fingerprint density at radius 2 is 2.08 bits per heavy atom. The molecule has 0 fully saturated rings. The molecule has 25 heavy (non-hydrogen) atoms. The maximum absolute atomic E-state index is 12.8. The monoisotopic (exact) mass is 377 g/mol. The van der Waals surface area contributed by atoms with E-state index in [-0.39, 0.29) is 24.1 Å². The molecule has 0 saturated carbocycles. The van der Waals surface area contributed by atoms with Crippen LogP contribution in [-0.4, -0.2) is 26.5 Å². The van der Waals surface area contributed by atoms with Crippen molar-refractivity contribution in [2.45, 2.75) is 25.2 Å². The molecule has 0 aliphatic rings. The third-order valence-electron chi connectivity index (χ3n) is 3.41. The first-order chi connectivity index (χ1) is 12.2. The Morgan fingerprint density at radius 3 is 2.76 bits per heavy atom. The Labute approximate surface area is 152 Å². The van der Waals surface area contributed by atoms with E-state index < -0.39 is 0 Å². The van der Waals surface area contributed by atoms with Crippen molar-refractivity contribution in [3.63, 3.8) is 0 Å². The van der Waals surface area contributed by atoms with E-state index >= 15 is 0 Å². The molecule has 0 bridgehead atoms. The van der Waals surface area contributed by atoms with E-state index in [1.54, 1.807) is 23.5 Å². The van der Waals surface area contributed by atoms with Crippen LogP contribution < -0.4 is 0 Å². The van der Waals surface area contributed by atoms with E-state index in [4.69, 9.17) is 4.74 Å². The highest BCUT2D eigenvalue weighted by atomic mass is 32.2. The molecule has 5 nitrogen and oxygen atoms in total. The van der Waals surface area contributed by atoms with E-state index in [1.807, 2.05) is 29.0 Å². The fourth-order valence-electron chi connectivity index (χ4n) is 2.18. The van der Waals surface area contributed by atoms with Crippen molar-refractivity contribution in [3.8, 4) is 10.7 Å². The van der Waals surface area contributed by atoms with Gasteiger partial charge < -0.3 is 9.30 Å². The summed E-state index contributed by atoms with van der Waals surface area (Å²) in [6.07, 6.45) is 0. The average molecular weight is 377 g/mol.